The highest BCUT2D eigenvalue weighted by Crippen LogP contribution is 2.00. The zero-order valence-corrected chi connectivity index (χ0v) is 7.87. The maximum absolute atomic E-state index is 11.3. The lowest BCUT2D eigenvalue weighted by atomic mass is 10.3. The first-order valence-electron chi connectivity index (χ1n) is 3.73. The second-order valence-electron chi connectivity index (χ2n) is 2.63. The Kier molecular flexibility index (Phi) is 4.30. The molecule has 2 atom stereocenters. The summed E-state index contributed by atoms with van der Waals surface area (Å²) in [6.07, 6.45) is -0.481. The lowest BCUT2D eigenvalue weighted by molar-refractivity contribution is -0.140. The van der Waals surface area contributed by atoms with Gasteiger partial charge in [-0.1, -0.05) is 0 Å². The van der Waals surface area contributed by atoms with Crippen molar-refractivity contribution in [2.24, 2.45) is 0 Å². The van der Waals surface area contributed by atoms with E-state index in [1.165, 1.54) is 12.0 Å². The van der Waals surface area contributed by atoms with Gasteiger partial charge in [0.05, 0.1) is 6.07 Å². The van der Waals surface area contributed by atoms with Gasteiger partial charge in [-0.3, -0.25) is 4.79 Å². The lowest BCUT2D eigenvalue weighted by Crippen LogP contribution is -2.40. The van der Waals surface area contributed by atoms with Crippen LogP contribution in [0.3, 0.4) is 0 Å². The smallest absolute Gasteiger partial charge is 0.252 e. The molecule has 0 aromatic carbocycles. The van der Waals surface area contributed by atoms with E-state index in [1.54, 1.807) is 20.9 Å². The maximum Gasteiger partial charge on any atom is 0.252 e. The predicted octanol–water partition coefficient (Wildman–Crippen LogP) is 0.392. The summed E-state index contributed by atoms with van der Waals surface area (Å²) in [5, 5.41) is 8.52. The molecule has 0 aliphatic carbocycles. The highest BCUT2D eigenvalue weighted by molar-refractivity contribution is 5.80. The first kappa shape index (κ1) is 10.9. The Balaban J connectivity index is 4.21. The van der Waals surface area contributed by atoms with Crippen LogP contribution in [0.1, 0.15) is 13.8 Å². The first-order chi connectivity index (χ1) is 5.54. The van der Waals surface area contributed by atoms with E-state index in [4.69, 9.17) is 10.00 Å². The van der Waals surface area contributed by atoms with Crippen LogP contribution in [0, 0.1) is 11.3 Å². The van der Waals surface area contributed by atoms with Gasteiger partial charge in [-0.15, -0.1) is 0 Å². The zero-order chi connectivity index (χ0) is 9.72. The molecule has 1 amide bonds. The van der Waals surface area contributed by atoms with Crippen LogP contribution in [0.25, 0.3) is 0 Å². The molecule has 0 N–H and O–H groups in total. The molecule has 0 aromatic rings. The number of hydrogen-bond acceptors (Lipinski definition) is 3. The van der Waals surface area contributed by atoms with E-state index in [0.717, 1.165) is 0 Å². The second kappa shape index (κ2) is 4.73. The third-order valence-corrected chi connectivity index (χ3v) is 1.82. The largest absolute Gasteiger partial charge is 0.372 e. The number of rotatable bonds is 3. The molecule has 0 radical (unpaired) electrons. The minimum atomic E-state index is -0.481. The minimum absolute atomic E-state index is 0.174. The average molecular weight is 170 g/mol. The normalized spacial score (nSPS) is 14.6. The topological polar surface area (TPSA) is 53.3 Å². The van der Waals surface area contributed by atoms with Crippen LogP contribution in [-0.4, -0.2) is 37.1 Å². The number of nitrogens with zero attached hydrogens (tertiary/aromatic N) is 2. The molecule has 0 heterocycles. The molecule has 4 heteroatoms. The molecule has 0 aliphatic heterocycles. The van der Waals surface area contributed by atoms with E-state index in [2.05, 4.69) is 0 Å². The molecule has 0 saturated heterocycles. The van der Waals surface area contributed by atoms with Crippen molar-refractivity contribution in [2.75, 3.05) is 14.2 Å². The molecule has 4 nitrogen and oxygen atoms in total. The van der Waals surface area contributed by atoms with Crippen molar-refractivity contribution < 1.29 is 9.53 Å². The molecule has 0 saturated carbocycles. The summed E-state index contributed by atoms with van der Waals surface area (Å²) in [6.45, 7) is 3.32. The Hall–Kier alpha value is -1.08. The van der Waals surface area contributed by atoms with E-state index in [-0.39, 0.29) is 5.91 Å². The van der Waals surface area contributed by atoms with Crippen molar-refractivity contribution >= 4 is 5.91 Å². The SMILES string of the molecule is COC(C)C(=O)N(C)C(C)C#N. The van der Waals surface area contributed by atoms with Crippen molar-refractivity contribution in [1.29, 1.82) is 5.26 Å². The molecular formula is C8H14N2O2. The van der Waals surface area contributed by atoms with E-state index < -0.39 is 12.1 Å². The highest BCUT2D eigenvalue weighted by Gasteiger charge is 2.20. The summed E-state index contributed by atoms with van der Waals surface area (Å²) in [4.78, 5) is 12.7. The van der Waals surface area contributed by atoms with Gasteiger partial charge in [0.2, 0.25) is 0 Å². The highest BCUT2D eigenvalue weighted by atomic mass is 16.5. The minimum Gasteiger partial charge on any atom is -0.372 e. The molecule has 12 heavy (non-hydrogen) atoms. The van der Waals surface area contributed by atoms with Crippen molar-refractivity contribution in [3.8, 4) is 6.07 Å². The lowest BCUT2D eigenvalue weighted by Gasteiger charge is -2.22. The van der Waals surface area contributed by atoms with Crippen LogP contribution >= 0.6 is 0 Å². The van der Waals surface area contributed by atoms with Crippen LogP contribution in [0.5, 0.6) is 0 Å². The number of ether oxygens (including phenoxy) is 1. The van der Waals surface area contributed by atoms with Gasteiger partial charge in [0, 0.05) is 14.2 Å². The number of amides is 1. The number of carbonyl (C=O) groups excluding carboxylic acids is 1. The Labute approximate surface area is 72.7 Å². The van der Waals surface area contributed by atoms with Gasteiger partial charge in [0.15, 0.2) is 0 Å². The molecule has 68 valence electrons. The Bertz CT molecular complexity index is 198. The fourth-order valence-electron chi connectivity index (χ4n) is 0.665. The third kappa shape index (κ3) is 2.51. The van der Waals surface area contributed by atoms with Crippen molar-refractivity contribution in [3.05, 3.63) is 0 Å². The quantitative estimate of drug-likeness (QED) is 0.615. The maximum atomic E-state index is 11.3. The van der Waals surface area contributed by atoms with Gasteiger partial charge < -0.3 is 9.64 Å². The number of likely N-dealkylation sites (N-methyl/N-ethyl adjacent to an activating group) is 1. The van der Waals surface area contributed by atoms with Crippen LogP contribution in [-0.2, 0) is 9.53 Å². The standard InChI is InChI=1S/C8H14N2O2/c1-6(5-9)10(3)8(11)7(2)12-4/h6-7H,1-4H3. The van der Waals surface area contributed by atoms with Crippen LogP contribution < -0.4 is 0 Å². The van der Waals surface area contributed by atoms with Crippen LogP contribution in [0.2, 0.25) is 0 Å². The monoisotopic (exact) mass is 170 g/mol. The van der Waals surface area contributed by atoms with Crippen molar-refractivity contribution in [1.82, 2.24) is 4.90 Å². The molecular weight excluding hydrogens is 156 g/mol. The third-order valence-electron chi connectivity index (χ3n) is 1.82. The molecule has 2 unspecified atom stereocenters. The van der Waals surface area contributed by atoms with Gasteiger partial charge >= 0.3 is 0 Å². The Morgan fingerprint density at radius 2 is 2.08 bits per heavy atom. The van der Waals surface area contributed by atoms with Gasteiger partial charge in [-0.05, 0) is 13.8 Å². The number of carbonyl (C=O) groups is 1. The zero-order valence-electron chi connectivity index (χ0n) is 7.87. The van der Waals surface area contributed by atoms with Gasteiger partial charge in [0.1, 0.15) is 12.1 Å². The summed E-state index contributed by atoms with van der Waals surface area (Å²) in [6, 6.07) is 1.57. The first-order valence-corrected chi connectivity index (χ1v) is 3.73. The fraction of sp³-hybridized carbons (Fsp3) is 0.750. The molecule has 0 rings (SSSR count). The second-order valence-corrected chi connectivity index (χ2v) is 2.63. The fourth-order valence-corrected chi connectivity index (χ4v) is 0.665. The summed E-state index contributed by atoms with van der Waals surface area (Å²) in [5.41, 5.74) is 0. The van der Waals surface area contributed by atoms with Crippen LogP contribution in [0.15, 0.2) is 0 Å². The Morgan fingerprint density at radius 3 is 2.42 bits per heavy atom. The number of nitriles is 1. The molecule has 0 aromatic heterocycles. The predicted molar refractivity (Wildman–Crippen MR) is 44.3 cm³/mol. The van der Waals surface area contributed by atoms with Crippen molar-refractivity contribution in [3.63, 3.8) is 0 Å². The summed E-state index contributed by atoms with van der Waals surface area (Å²) >= 11 is 0. The van der Waals surface area contributed by atoms with E-state index in [1.807, 2.05) is 6.07 Å². The summed E-state index contributed by atoms with van der Waals surface area (Å²) < 4.78 is 4.83. The molecule has 0 bridgehead atoms. The molecule has 0 aliphatic rings. The number of hydrogen-bond donors (Lipinski definition) is 0. The summed E-state index contributed by atoms with van der Waals surface area (Å²) in [5.74, 6) is -0.174. The molecule has 0 spiro atoms. The van der Waals surface area contributed by atoms with E-state index in [0.29, 0.717) is 0 Å². The van der Waals surface area contributed by atoms with Crippen LogP contribution in [0.4, 0.5) is 0 Å². The summed E-state index contributed by atoms with van der Waals surface area (Å²) in [7, 11) is 3.05. The van der Waals surface area contributed by atoms with Gasteiger partial charge in [-0.25, -0.2) is 0 Å². The van der Waals surface area contributed by atoms with Gasteiger partial charge in [-0.2, -0.15) is 5.26 Å². The van der Waals surface area contributed by atoms with Crippen molar-refractivity contribution in [2.45, 2.75) is 26.0 Å². The van der Waals surface area contributed by atoms with Gasteiger partial charge in [0.25, 0.3) is 5.91 Å². The Morgan fingerprint density at radius 1 is 1.58 bits per heavy atom. The van der Waals surface area contributed by atoms with E-state index >= 15 is 0 Å². The van der Waals surface area contributed by atoms with E-state index in [9.17, 15) is 4.79 Å². The molecule has 0 fully saturated rings. The number of methoxy groups -OCH3 is 1. The average Bonchev–Trinajstić information content (AvgIpc) is 2.12.